The van der Waals surface area contributed by atoms with Crippen LogP contribution in [-0.4, -0.2) is 42.9 Å². The maximum absolute atomic E-state index is 12.8. The van der Waals surface area contributed by atoms with Crippen molar-refractivity contribution in [3.63, 3.8) is 0 Å². The third-order valence-electron chi connectivity index (χ3n) is 4.11. The maximum Gasteiger partial charge on any atom is 0.306 e. The van der Waals surface area contributed by atoms with Crippen LogP contribution in [0.5, 0.6) is 0 Å². The van der Waals surface area contributed by atoms with Crippen LogP contribution in [0.2, 0.25) is 0 Å². The van der Waals surface area contributed by atoms with Crippen LogP contribution in [0.4, 0.5) is 5.69 Å². The number of hydrogen-bond acceptors (Lipinski definition) is 4. The Kier molecular flexibility index (Phi) is 6.78. The lowest BCUT2D eigenvalue weighted by molar-refractivity contribution is -0.141. The van der Waals surface area contributed by atoms with Gasteiger partial charge >= 0.3 is 5.97 Å². The predicted molar refractivity (Wildman–Crippen MR) is 90.7 cm³/mol. The molecule has 24 heavy (non-hydrogen) atoms. The summed E-state index contributed by atoms with van der Waals surface area (Å²) in [4.78, 5) is 37.7. The molecule has 1 N–H and O–H groups in total. The number of nitrogens with zero attached hydrogens (tertiary/aromatic N) is 1. The zero-order chi connectivity index (χ0) is 17.4. The van der Waals surface area contributed by atoms with Crippen molar-refractivity contribution in [2.45, 2.75) is 38.5 Å². The molecule has 1 saturated heterocycles. The SMILES string of the molecule is COC(=O)CCC(=O)Nc1ccccc1C(=O)N1CCCCCC1. The maximum atomic E-state index is 12.8. The number of methoxy groups -OCH3 is 1. The number of rotatable bonds is 5. The summed E-state index contributed by atoms with van der Waals surface area (Å²) in [6, 6.07) is 6.99. The first-order valence-corrected chi connectivity index (χ1v) is 8.37. The number of nitrogens with one attached hydrogen (secondary N) is 1. The molecule has 2 rings (SSSR count). The highest BCUT2D eigenvalue weighted by Crippen LogP contribution is 2.20. The summed E-state index contributed by atoms with van der Waals surface area (Å²) in [6.07, 6.45) is 4.37. The Labute approximate surface area is 142 Å². The fourth-order valence-corrected chi connectivity index (χ4v) is 2.75. The topological polar surface area (TPSA) is 75.7 Å². The van der Waals surface area contributed by atoms with E-state index in [0.29, 0.717) is 11.3 Å². The Bertz CT molecular complexity index is 592. The van der Waals surface area contributed by atoms with Crippen LogP contribution in [0.25, 0.3) is 0 Å². The van der Waals surface area contributed by atoms with Gasteiger partial charge in [-0.1, -0.05) is 25.0 Å². The smallest absolute Gasteiger partial charge is 0.306 e. The molecule has 0 saturated carbocycles. The van der Waals surface area contributed by atoms with Gasteiger partial charge in [-0.25, -0.2) is 0 Å². The number of carbonyl (C=O) groups excluding carboxylic acids is 3. The largest absolute Gasteiger partial charge is 0.469 e. The first kappa shape index (κ1) is 18.0. The highest BCUT2D eigenvalue weighted by molar-refractivity contribution is 6.04. The minimum atomic E-state index is -0.431. The number of para-hydroxylation sites is 1. The fraction of sp³-hybridized carbons (Fsp3) is 0.500. The van der Waals surface area contributed by atoms with E-state index < -0.39 is 5.97 Å². The molecule has 1 fully saturated rings. The first-order chi connectivity index (χ1) is 11.6. The quantitative estimate of drug-likeness (QED) is 0.841. The molecule has 0 spiro atoms. The number of hydrogen-bond donors (Lipinski definition) is 1. The van der Waals surface area contributed by atoms with E-state index in [4.69, 9.17) is 0 Å². The molecule has 1 aromatic carbocycles. The molecule has 0 atom stereocenters. The number of ether oxygens (including phenoxy) is 1. The molecule has 1 aliphatic heterocycles. The summed E-state index contributed by atoms with van der Waals surface area (Å²) in [5.41, 5.74) is 0.979. The van der Waals surface area contributed by atoms with Crippen LogP contribution in [0, 0.1) is 0 Å². The van der Waals surface area contributed by atoms with E-state index in [1.165, 1.54) is 7.11 Å². The molecular weight excluding hydrogens is 308 g/mol. The molecular formula is C18H24N2O4. The number of likely N-dealkylation sites (tertiary alicyclic amines) is 1. The highest BCUT2D eigenvalue weighted by atomic mass is 16.5. The van der Waals surface area contributed by atoms with E-state index in [1.807, 2.05) is 4.90 Å². The molecule has 0 radical (unpaired) electrons. The number of amides is 2. The Morgan fingerprint density at radius 1 is 1.04 bits per heavy atom. The van der Waals surface area contributed by atoms with Crippen molar-refractivity contribution >= 4 is 23.5 Å². The van der Waals surface area contributed by atoms with E-state index >= 15 is 0 Å². The Hall–Kier alpha value is -2.37. The third-order valence-corrected chi connectivity index (χ3v) is 4.11. The molecule has 1 aliphatic rings. The standard InChI is InChI=1S/C18H24N2O4/c1-24-17(22)11-10-16(21)19-15-9-5-4-8-14(15)18(23)20-12-6-2-3-7-13-20/h4-5,8-9H,2-3,6-7,10-13H2,1H3,(H,19,21). The van der Waals surface area contributed by atoms with Gasteiger partial charge in [-0.05, 0) is 25.0 Å². The van der Waals surface area contributed by atoms with E-state index in [2.05, 4.69) is 10.1 Å². The number of benzene rings is 1. The van der Waals surface area contributed by atoms with Crippen LogP contribution in [0.15, 0.2) is 24.3 Å². The monoisotopic (exact) mass is 332 g/mol. The van der Waals surface area contributed by atoms with Crippen LogP contribution >= 0.6 is 0 Å². The van der Waals surface area contributed by atoms with Crippen molar-refractivity contribution in [2.24, 2.45) is 0 Å². The minimum absolute atomic E-state index is 0.0184. The summed E-state index contributed by atoms with van der Waals surface area (Å²) in [7, 11) is 1.29. The normalized spacial score (nSPS) is 14.6. The molecule has 1 aromatic rings. The Morgan fingerprint density at radius 3 is 2.38 bits per heavy atom. The minimum Gasteiger partial charge on any atom is -0.469 e. The molecule has 0 aromatic heterocycles. The summed E-state index contributed by atoms with van der Waals surface area (Å²) < 4.78 is 4.52. The molecule has 1 heterocycles. The van der Waals surface area contributed by atoms with Gasteiger partial charge in [0.05, 0.1) is 24.8 Å². The van der Waals surface area contributed by atoms with Crippen molar-refractivity contribution in [3.8, 4) is 0 Å². The Morgan fingerprint density at radius 2 is 1.71 bits per heavy atom. The van der Waals surface area contributed by atoms with Gasteiger partial charge in [0.2, 0.25) is 5.91 Å². The summed E-state index contributed by atoms with van der Waals surface area (Å²) in [5.74, 6) is -0.795. The number of anilines is 1. The van der Waals surface area contributed by atoms with Gasteiger partial charge < -0.3 is 15.0 Å². The third kappa shape index (κ3) is 5.08. The van der Waals surface area contributed by atoms with Gasteiger partial charge in [-0.15, -0.1) is 0 Å². The van der Waals surface area contributed by atoms with Crippen molar-refractivity contribution in [1.82, 2.24) is 4.90 Å². The van der Waals surface area contributed by atoms with Crippen molar-refractivity contribution in [1.29, 1.82) is 0 Å². The second kappa shape index (κ2) is 9.05. The van der Waals surface area contributed by atoms with Crippen LogP contribution in [0.1, 0.15) is 48.9 Å². The predicted octanol–water partition coefficient (Wildman–Crippen LogP) is 2.59. The highest BCUT2D eigenvalue weighted by Gasteiger charge is 2.20. The van der Waals surface area contributed by atoms with E-state index in [9.17, 15) is 14.4 Å². The molecule has 6 nitrogen and oxygen atoms in total. The summed E-state index contributed by atoms with van der Waals surface area (Å²) in [5, 5.41) is 2.73. The lowest BCUT2D eigenvalue weighted by Gasteiger charge is -2.22. The Balaban J connectivity index is 2.04. The summed E-state index contributed by atoms with van der Waals surface area (Å²) in [6.45, 7) is 1.51. The fourth-order valence-electron chi connectivity index (χ4n) is 2.75. The second-order valence-corrected chi connectivity index (χ2v) is 5.88. The van der Waals surface area contributed by atoms with Crippen molar-refractivity contribution in [2.75, 3.05) is 25.5 Å². The van der Waals surface area contributed by atoms with Gasteiger partial charge in [-0.3, -0.25) is 14.4 Å². The van der Waals surface area contributed by atoms with Gasteiger partial charge in [0, 0.05) is 19.5 Å². The average molecular weight is 332 g/mol. The molecule has 0 aliphatic carbocycles. The molecule has 2 amide bonds. The van der Waals surface area contributed by atoms with E-state index in [-0.39, 0.29) is 24.7 Å². The lowest BCUT2D eigenvalue weighted by atomic mass is 10.1. The number of carbonyl (C=O) groups is 3. The number of esters is 1. The zero-order valence-electron chi connectivity index (χ0n) is 14.0. The van der Waals surface area contributed by atoms with Gasteiger partial charge in [-0.2, -0.15) is 0 Å². The van der Waals surface area contributed by atoms with Crippen LogP contribution in [0.3, 0.4) is 0 Å². The van der Waals surface area contributed by atoms with E-state index in [0.717, 1.165) is 38.8 Å². The van der Waals surface area contributed by atoms with Crippen molar-refractivity contribution in [3.05, 3.63) is 29.8 Å². The molecule has 0 unspecified atom stereocenters. The van der Waals surface area contributed by atoms with E-state index in [1.54, 1.807) is 24.3 Å². The average Bonchev–Trinajstić information content (AvgIpc) is 2.89. The van der Waals surface area contributed by atoms with Gasteiger partial charge in [0.1, 0.15) is 0 Å². The molecule has 0 bridgehead atoms. The molecule has 130 valence electrons. The summed E-state index contributed by atoms with van der Waals surface area (Å²) >= 11 is 0. The zero-order valence-corrected chi connectivity index (χ0v) is 14.0. The van der Waals surface area contributed by atoms with Crippen molar-refractivity contribution < 1.29 is 19.1 Å². The lowest BCUT2D eigenvalue weighted by Crippen LogP contribution is -2.32. The second-order valence-electron chi connectivity index (χ2n) is 5.88. The van der Waals surface area contributed by atoms with Crippen LogP contribution in [-0.2, 0) is 14.3 Å². The van der Waals surface area contributed by atoms with Gasteiger partial charge in [0.25, 0.3) is 5.91 Å². The molecule has 6 heteroatoms. The van der Waals surface area contributed by atoms with Gasteiger partial charge in [0.15, 0.2) is 0 Å². The first-order valence-electron chi connectivity index (χ1n) is 8.37. The van der Waals surface area contributed by atoms with Crippen LogP contribution < -0.4 is 5.32 Å².